The third-order valence-corrected chi connectivity index (χ3v) is 5.86. The van der Waals surface area contributed by atoms with Gasteiger partial charge in [0, 0.05) is 12.1 Å². The molecule has 3 rings (SSSR count). The van der Waals surface area contributed by atoms with E-state index in [2.05, 4.69) is 37.2 Å². The average molecular weight is 592 g/mol. The summed E-state index contributed by atoms with van der Waals surface area (Å²) in [5, 5.41) is 23.2. The maximum atomic E-state index is 12.5. The quantitative estimate of drug-likeness (QED) is 0.139. The lowest BCUT2D eigenvalue weighted by Gasteiger charge is -2.12. The Hall–Kier alpha value is -3.19. The molecule has 10 heteroatoms. The van der Waals surface area contributed by atoms with Crippen molar-refractivity contribution in [1.82, 2.24) is 0 Å². The van der Waals surface area contributed by atoms with Crippen molar-refractivity contribution in [3.8, 4) is 11.8 Å². The van der Waals surface area contributed by atoms with Crippen LogP contribution in [0.25, 0.3) is 6.08 Å². The number of nitro benzene ring substituents is 1. The molecule has 0 aliphatic carbocycles. The molecule has 0 aliphatic heterocycles. The number of nitrogens with one attached hydrogen (secondary N) is 1. The van der Waals surface area contributed by atoms with E-state index in [4.69, 9.17) is 16.3 Å². The summed E-state index contributed by atoms with van der Waals surface area (Å²) in [6.07, 6.45) is 1.45. The minimum Gasteiger partial charge on any atom is -0.487 e. The number of carbonyl (C=O) groups excluding carboxylic acids is 1. The first kappa shape index (κ1) is 24.5. The zero-order valence-corrected chi connectivity index (χ0v) is 20.6. The molecule has 0 aromatic heterocycles. The average Bonchev–Trinajstić information content (AvgIpc) is 2.78. The summed E-state index contributed by atoms with van der Waals surface area (Å²) in [4.78, 5) is 22.8. The van der Waals surface area contributed by atoms with Crippen LogP contribution in [0.4, 0.5) is 11.4 Å². The molecular weight excluding hydrogens is 578 g/mol. The minimum absolute atomic E-state index is 0.00382. The van der Waals surface area contributed by atoms with Crippen LogP contribution in [-0.4, -0.2) is 10.8 Å². The van der Waals surface area contributed by atoms with Crippen LogP contribution in [0.3, 0.4) is 0 Å². The number of nitriles is 1. The zero-order valence-electron chi connectivity index (χ0n) is 16.7. The van der Waals surface area contributed by atoms with Gasteiger partial charge in [-0.05, 0) is 85.5 Å². The van der Waals surface area contributed by atoms with E-state index in [1.54, 1.807) is 48.5 Å². The Morgan fingerprint density at radius 2 is 1.79 bits per heavy atom. The monoisotopic (exact) mass is 589 g/mol. The molecule has 33 heavy (non-hydrogen) atoms. The second-order valence-electron chi connectivity index (χ2n) is 6.63. The number of rotatable bonds is 7. The zero-order chi connectivity index (χ0) is 24.0. The summed E-state index contributed by atoms with van der Waals surface area (Å²) in [5.74, 6) is -0.0825. The lowest BCUT2D eigenvalue weighted by Crippen LogP contribution is -2.13. The largest absolute Gasteiger partial charge is 0.487 e. The Morgan fingerprint density at radius 3 is 2.36 bits per heavy atom. The van der Waals surface area contributed by atoms with E-state index in [-0.39, 0.29) is 17.9 Å². The lowest BCUT2D eigenvalue weighted by atomic mass is 10.1. The molecule has 0 atom stereocenters. The van der Waals surface area contributed by atoms with E-state index < -0.39 is 10.8 Å². The highest BCUT2D eigenvalue weighted by Gasteiger charge is 2.14. The number of hydrogen-bond donors (Lipinski definition) is 1. The molecular formula is C23H14Br2ClN3O4. The first-order valence-corrected chi connectivity index (χ1v) is 11.3. The van der Waals surface area contributed by atoms with E-state index in [1.807, 2.05) is 6.07 Å². The van der Waals surface area contributed by atoms with Crippen LogP contribution >= 0.6 is 43.5 Å². The van der Waals surface area contributed by atoms with Gasteiger partial charge in [0.05, 0.1) is 24.6 Å². The van der Waals surface area contributed by atoms with Crippen molar-refractivity contribution in [3.05, 3.63) is 101 Å². The molecule has 1 amide bonds. The summed E-state index contributed by atoms with van der Waals surface area (Å²) in [5.41, 5.74) is 1.65. The molecule has 0 radical (unpaired) electrons. The number of ether oxygens (including phenoxy) is 1. The maximum Gasteiger partial charge on any atom is 0.269 e. The van der Waals surface area contributed by atoms with Gasteiger partial charge < -0.3 is 10.1 Å². The first-order chi connectivity index (χ1) is 15.8. The topological polar surface area (TPSA) is 105 Å². The van der Waals surface area contributed by atoms with Crippen LogP contribution in [-0.2, 0) is 11.4 Å². The molecule has 0 heterocycles. The Balaban J connectivity index is 1.75. The number of hydrogen-bond acceptors (Lipinski definition) is 5. The molecule has 0 fully saturated rings. The second-order valence-corrected chi connectivity index (χ2v) is 8.75. The number of para-hydroxylation sites is 1. The van der Waals surface area contributed by atoms with Crippen LogP contribution < -0.4 is 10.1 Å². The van der Waals surface area contributed by atoms with Gasteiger partial charge >= 0.3 is 0 Å². The number of carbonyl (C=O) groups is 1. The third-order valence-electron chi connectivity index (χ3n) is 4.35. The smallest absolute Gasteiger partial charge is 0.269 e. The predicted octanol–water partition coefficient (Wildman–Crippen LogP) is 6.90. The molecule has 0 aliphatic rings. The van der Waals surface area contributed by atoms with Gasteiger partial charge in [0.25, 0.3) is 11.6 Å². The van der Waals surface area contributed by atoms with E-state index in [9.17, 15) is 20.2 Å². The SMILES string of the molecule is N#C/C(=C\c1cc(Br)c(OCc2ccc([N+](=O)[O-])cc2)c(Br)c1)C(=O)Nc1ccccc1Cl. The molecule has 3 aromatic rings. The highest BCUT2D eigenvalue weighted by molar-refractivity contribution is 9.11. The van der Waals surface area contributed by atoms with Gasteiger partial charge in [-0.2, -0.15) is 5.26 Å². The molecule has 0 saturated heterocycles. The number of nitrogens with zero attached hydrogens (tertiary/aromatic N) is 2. The van der Waals surface area contributed by atoms with Gasteiger partial charge in [-0.1, -0.05) is 23.7 Å². The molecule has 7 nitrogen and oxygen atoms in total. The Morgan fingerprint density at radius 1 is 1.15 bits per heavy atom. The van der Waals surface area contributed by atoms with Crippen LogP contribution in [0.15, 0.2) is 75.2 Å². The summed E-state index contributed by atoms with van der Waals surface area (Å²) in [6.45, 7) is 0.189. The summed E-state index contributed by atoms with van der Waals surface area (Å²) < 4.78 is 7.02. The highest BCUT2D eigenvalue weighted by Crippen LogP contribution is 2.36. The summed E-state index contributed by atoms with van der Waals surface area (Å²) in [6, 6.07) is 18.1. The number of amides is 1. The molecule has 1 N–H and O–H groups in total. The van der Waals surface area contributed by atoms with E-state index in [0.717, 1.165) is 5.56 Å². The number of halogens is 3. The van der Waals surface area contributed by atoms with Crippen LogP contribution in [0.1, 0.15) is 11.1 Å². The predicted molar refractivity (Wildman–Crippen MR) is 133 cm³/mol. The van der Waals surface area contributed by atoms with Gasteiger partial charge in [-0.3, -0.25) is 14.9 Å². The van der Waals surface area contributed by atoms with E-state index in [0.29, 0.717) is 31.0 Å². The normalized spacial score (nSPS) is 10.9. The summed E-state index contributed by atoms with van der Waals surface area (Å²) in [7, 11) is 0. The third kappa shape index (κ3) is 6.42. The van der Waals surface area contributed by atoms with Gasteiger partial charge in [-0.15, -0.1) is 0 Å². The molecule has 0 bridgehead atoms. The van der Waals surface area contributed by atoms with E-state index in [1.165, 1.54) is 18.2 Å². The van der Waals surface area contributed by atoms with Crippen molar-refractivity contribution in [3.63, 3.8) is 0 Å². The Kier molecular flexibility index (Phi) is 8.22. The van der Waals surface area contributed by atoms with Gasteiger partial charge in [-0.25, -0.2) is 0 Å². The van der Waals surface area contributed by atoms with E-state index >= 15 is 0 Å². The highest BCUT2D eigenvalue weighted by atomic mass is 79.9. The van der Waals surface area contributed by atoms with Crippen molar-refractivity contribution in [1.29, 1.82) is 5.26 Å². The number of benzene rings is 3. The van der Waals surface area contributed by atoms with Crippen molar-refractivity contribution >= 4 is 66.8 Å². The standard InChI is InChI=1S/C23H14Br2ClN3O4/c24-18-10-15(9-16(12-27)23(30)28-21-4-2-1-3-20(21)26)11-19(25)22(18)33-13-14-5-7-17(8-6-14)29(31)32/h1-11H,13H2,(H,28,30)/b16-9+. The van der Waals surface area contributed by atoms with Gasteiger partial charge in [0.2, 0.25) is 0 Å². The fraction of sp³-hybridized carbons (Fsp3) is 0.0435. The van der Waals surface area contributed by atoms with Crippen molar-refractivity contribution < 1.29 is 14.5 Å². The molecule has 0 spiro atoms. The molecule has 166 valence electrons. The number of nitro groups is 1. The fourth-order valence-electron chi connectivity index (χ4n) is 2.74. The Bertz CT molecular complexity index is 1260. The van der Waals surface area contributed by atoms with Crippen LogP contribution in [0.5, 0.6) is 5.75 Å². The first-order valence-electron chi connectivity index (χ1n) is 9.31. The van der Waals surface area contributed by atoms with Crippen molar-refractivity contribution in [2.24, 2.45) is 0 Å². The molecule has 0 saturated carbocycles. The second kappa shape index (κ2) is 11.1. The van der Waals surface area contributed by atoms with Crippen LogP contribution in [0, 0.1) is 21.4 Å². The number of non-ortho nitro benzene ring substituents is 1. The molecule has 0 unspecified atom stereocenters. The number of anilines is 1. The van der Waals surface area contributed by atoms with Crippen LogP contribution in [0.2, 0.25) is 5.02 Å². The minimum atomic E-state index is -0.587. The van der Waals surface area contributed by atoms with Gasteiger partial charge in [0.1, 0.15) is 24.0 Å². The Labute approximate surface area is 211 Å². The maximum absolute atomic E-state index is 12.5. The summed E-state index contributed by atoms with van der Waals surface area (Å²) >= 11 is 12.9. The van der Waals surface area contributed by atoms with Crippen molar-refractivity contribution in [2.45, 2.75) is 6.61 Å². The van der Waals surface area contributed by atoms with Gasteiger partial charge in [0.15, 0.2) is 0 Å². The van der Waals surface area contributed by atoms with Crippen molar-refractivity contribution in [2.75, 3.05) is 5.32 Å². The fourth-order valence-corrected chi connectivity index (χ4v) is 4.37. The molecule has 3 aromatic carbocycles. The lowest BCUT2D eigenvalue weighted by molar-refractivity contribution is -0.384.